The zero-order valence-corrected chi connectivity index (χ0v) is 14.5. The number of carbonyl (C=O) groups excluding carboxylic acids is 1. The first-order valence-electron chi connectivity index (χ1n) is 7.41. The Labute approximate surface area is 149 Å². The quantitative estimate of drug-likeness (QED) is 0.622. The summed E-state index contributed by atoms with van der Waals surface area (Å²) in [6.45, 7) is 2.15. The minimum atomic E-state index is -0.316. The maximum absolute atomic E-state index is 11.6. The third-order valence-electron chi connectivity index (χ3n) is 3.29. The molecule has 0 aliphatic rings. The Kier molecular flexibility index (Phi) is 5.13. The van der Waals surface area contributed by atoms with Crippen LogP contribution in [0, 0.1) is 0 Å². The Morgan fingerprint density at radius 2 is 1.88 bits per heavy atom. The van der Waals surface area contributed by atoms with Crippen molar-refractivity contribution in [2.24, 2.45) is 0 Å². The smallest absolute Gasteiger partial charge is 0.338 e. The van der Waals surface area contributed by atoms with Crippen LogP contribution in [0.4, 0.5) is 10.8 Å². The Hall–Kier alpha value is -2.37. The van der Waals surface area contributed by atoms with Crippen molar-refractivity contribution in [1.82, 2.24) is 4.98 Å². The molecule has 0 spiro atoms. The summed E-state index contributed by atoms with van der Waals surface area (Å²) in [4.78, 5) is 16.2. The molecule has 6 heteroatoms. The summed E-state index contributed by atoms with van der Waals surface area (Å²) < 4.78 is 4.97. The number of nitrogens with zero attached hydrogens (tertiary/aromatic N) is 1. The Morgan fingerprint density at radius 3 is 2.54 bits per heavy atom. The van der Waals surface area contributed by atoms with Gasteiger partial charge in [0.1, 0.15) is 0 Å². The first-order valence-corrected chi connectivity index (χ1v) is 8.67. The average Bonchev–Trinajstić information content (AvgIpc) is 3.05. The van der Waals surface area contributed by atoms with E-state index in [-0.39, 0.29) is 5.97 Å². The number of halogens is 1. The number of aromatic nitrogens is 1. The maximum Gasteiger partial charge on any atom is 0.338 e. The number of anilines is 2. The van der Waals surface area contributed by atoms with Gasteiger partial charge in [0.25, 0.3) is 0 Å². The minimum Gasteiger partial charge on any atom is -0.462 e. The van der Waals surface area contributed by atoms with E-state index in [1.54, 1.807) is 19.1 Å². The molecule has 0 fully saturated rings. The molecule has 0 atom stereocenters. The molecule has 3 aromatic rings. The van der Waals surface area contributed by atoms with Crippen LogP contribution in [0.1, 0.15) is 17.3 Å². The van der Waals surface area contributed by atoms with Crippen LogP contribution in [0.3, 0.4) is 0 Å². The SMILES string of the molecule is CCOC(=O)c1ccc(Nc2nc(-c3ccc(Cl)cc3)cs2)cc1. The van der Waals surface area contributed by atoms with Gasteiger partial charge < -0.3 is 10.1 Å². The molecule has 2 aromatic carbocycles. The summed E-state index contributed by atoms with van der Waals surface area (Å²) in [6.07, 6.45) is 0. The van der Waals surface area contributed by atoms with Gasteiger partial charge in [0.2, 0.25) is 0 Å². The molecular weight excluding hydrogens is 344 g/mol. The van der Waals surface area contributed by atoms with Gasteiger partial charge in [-0.15, -0.1) is 11.3 Å². The predicted octanol–water partition coefficient (Wildman–Crippen LogP) is 5.38. The summed E-state index contributed by atoms with van der Waals surface area (Å²) in [5.74, 6) is -0.316. The molecule has 24 heavy (non-hydrogen) atoms. The van der Waals surface area contributed by atoms with Crippen molar-refractivity contribution in [1.29, 1.82) is 0 Å². The topological polar surface area (TPSA) is 51.2 Å². The van der Waals surface area contributed by atoms with Crippen LogP contribution in [-0.2, 0) is 4.74 Å². The van der Waals surface area contributed by atoms with E-state index in [9.17, 15) is 4.79 Å². The van der Waals surface area contributed by atoms with E-state index in [0.717, 1.165) is 22.1 Å². The number of hydrogen-bond acceptors (Lipinski definition) is 5. The van der Waals surface area contributed by atoms with Crippen LogP contribution in [0.2, 0.25) is 5.02 Å². The van der Waals surface area contributed by atoms with Gasteiger partial charge in [0.15, 0.2) is 5.13 Å². The van der Waals surface area contributed by atoms with E-state index < -0.39 is 0 Å². The Morgan fingerprint density at radius 1 is 1.17 bits per heavy atom. The lowest BCUT2D eigenvalue weighted by atomic mass is 10.2. The van der Waals surface area contributed by atoms with Gasteiger partial charge in [0.05, 0.1) is 17.9 Å². The number of thiazole rings is 1. The third kappa shape index (κ3) is 3.93. The lowest BCUT2D eigenvalue weighted by Gasteiger charge is -2.05. The third-order valence-corrected chi connectivity index (χ3v) is 4.30. The second kappa shape index (κ2) is 7.47. The lowest BCUT2D eigenvalue weighted by Crippen LogP contribution is -2.04. The van der Waals surface area contributed by atoms with Crippen molar-refractivity contribution >= 4 is 39.7 Å². The van der Waals surface area contributed by atoms with Crippen molar-refractivity contribution in [2.45, 2.75) is 6.92 Å². The molecular formula is C18H15ClN2O2S. The number of carbonyl (C=O) groups is 1. The number of esters is 1. The summed E-state index contributed by atoms with van der Waals surface area (Å²) in [6, 6.07) is 14.7. The van der Waals surface area contributed by atoms with Crippen LogP contribution >= 0.6 is 22.9 Å². The van der Waals surface area contributed by atoms with Crippen LogP contribution in [0.15, 0.2) is 53.9 Å². The molecule has 0 saturated carbocycles. The highest BCUT2D eigenvalue weighted by Gasteiger charge is 2.07. The first-order chi connectivity index (χ1) is 11.7. The summed E-state index contributed by atoms with van der Waals surface area (Å²) >= 11 is 7.42. The van der Waals surface area contributed by atoms with Crippen LogP contribution in [0.25, 0.3) is 11.3 Å². The average molecular weight is 359 g/mol. The van der Waals surface area contributed by atoms with Crippen molar-refractivity contribution < 1.29 is 9.53 Å². The molecule has 1 heterocycles. The fourth-order valence-electron chi connectivity index (χ4n) is 2.11. The van der Waals surface area contributed by atoms with Crippen molar-refractivity contribution in [2.75, 3.05) is 11.9 Å². The van der Waals surface area contributed by atoms with Gasteiger partial charge in [-0.1, -0.05) is 23.7 Å². The van der Waals surface area contributed by atoms with Crippen LogP contribution < -0.4 is 5.32 Å². The number of nitrogens with one attached hydrogen (secondary N) is 1. The van der Waals surface area contributed by atoms with Gasteiger partial charge in [-0.2, -0.15) is 0 Å². The van der Waals surface area contributed by atoms with Crippen LogP contribution in [-0.4, -0.2) is 17.6 Å². The molecule has 0 bridgehead atoms. The molecule has 0 amide bonds. The Balaban J connectivity index is 1.70. The largest absolute Gasteiger partial charge is 0.462 e. The number of benzene rings is 2. The number of ether oxygens (including phenoxy) is 1. The highest BCUT2D eigenvalue weighted by molar-refractivity contribution is 7.14. The van der Waals surface area contributed by atoms with Crippen molar-refractivity contribution in [3.8, 4) is 11.3 Å². The van der Waals surface area contributed by atoms with E-state index in [1.807, 2.05) is 41.8 Å². The molecule has 1 N–H and O–H groups in total. The minimum absolute atomic E-state index is 0.316. The summed E-state index contributed by atoms with van der Waals surface area (Å²) in [7, 11) is 0. The molecule has 0 aliphatic heterocycles. The van der Waals surface area contributed by atoms with E-state index in [1.165, 1.54) is 11.3 Å². The van der Waals surface area contributed by atoms with E-state index >= 15 is 0 Å². The van der Waals surface area contributed by atoms with E-state index in [2.05, 4.69) is 10.3 Å². The van der Waals surface area contributed by atoms with Crippen LogP contribution in [0.5, 0.6) is 0 Å². The molecule has 0 aliphatic carbocycles. The number of rotatable bonds is 5. The van der Waals surface area contributed by atoms with E-state index in [0.29, 0.717) is 17.2 Å². The molecule has 0 radical (unpaired) electrons. The summed E-state index contributed by atoms with van der Waals surface area (Å²) in [5, 5.41) is 6.70. The molecule has 3 rings (SSSR count). The van der Waals surface area contributed by atoms with E-state index in [4.69, 9.17) is 16.3 Å². The van der Waals surface area contributed by atoms with Gasteiger partial charge in [-0.3, -0.25) is 0 Å². The molecule has 1 aromatic heterocycles. The molecule has 4 nitrogen and oxygen atoms in total. The fourth-order valence-corrected chi connectivity index (χ4v) is 2.98. The van der Waals surface area contributed by atoms with Gasteiger partial charge in [-0.05, 0) is 43.3 Å². The van der Waals surface area contributed by atoms with Crippen molar-refractivity contribution in [3.05, 3.63) is 64.5 Å². The van der Waals surface area contributed by atoms with Gasteiger partial charge >= 0.3 is 5.97 Å². The Bertz CT molecular complexity index is 829. The molecule has 122 valence electrons. The highest BCUT2D eigenvalue weighted by Crippen LogP contribution is 2.28. The predicted molar refractivity (Wildman–Crippen MR) is 98.2 cm³/mol. The second-order valence-corrected chi connectivity index (χ2v) is 6.26. The van der Waals surface area contributed by atoms with Gasteiger partial charge in [-0.25, -0.2) is 9.78 Å². The second-order valence-electron chi connectivity index (χ2n) is 4.97. The normalized spacial score (nSPS) is 10.4. The zero-order valence-electron chi connectivity index (χ0n) is 13.0. The molecule has 0 unspecified atom stereocenters. The fraction of sp³-hybridized carbons (Fsp3) is 0.111. The first kappa shape index (κ1) is 16.5. The standard InChI is InChI=1S/C18H15ClN2O2S/c1-2-23-17(22)13-5-9-15(10-6-13)20-18-21-16(11-24-18)12-3-7-14(19)8-4-12/h3-11H,2H2,1H3,(H,20,21). The molecule has 0 saturated heterocycles. The van der Waals surface area contributed by atoms with Crippen molar-refractivity contribution in [3.63, 3.8) is 0 Å². The monoisotopic (exact) mass is 358 g/mol. The lowest BCUT2D eigenvalue weighted by molar-refractivity contribution is 0.0526. The summed E-state index contributed by atoms with van der Waals surface area (Å²) in [5.41, 5.74) is 3.30. The zero-order chi connectivity index (χ0) is 16.9. The maximum atomic E-state index is 11.6. The highest BCUT2D eigenvalue weighted by atomic mass is 35.5. The number of hydrogen-bond donors (Lipinski definition) is 1. The van der Waals surface area contributed by atoms with Gasteiger partial charge in [0, 0.05) is 21.7 Å².